The summed E-state index contributed by atoms with van der Waals surface area (Å²) in [6.45, 7) is 6.66. The molecule has 0 fully saturated rings. The van der Waals surface area contributed by atoms with Gasteiger partial charge in [-0.3, -0.25) is 0 Å². The normalized spacial score (nSPS) is 12.4. The standard InChI is InChI=1S/C14H19N3O/c1-4-18-13-8-6-5-7-12(13)11(3)17-14(15)10(2)9-16-17/h5-9,11H,4,15H2,1-3H3. The molecule has 1 heterocycles. The molecule has 96 valence electrons. The van der Waals surface area contributed by atoms with Crippen molar-refractivity contribution < 1.29 is 4.74 Å². The Morgan fingerprint density at radius 1 is 1.39 bits per heavy atom. The van der Waals surface area contributed by atoms with Crippen LogP contribution in [0.15, 0.2) is 30.5 Å². The fourth-order valence-electron chi connectivity index (χ4n) is 2.01. The molecule has 0 amide bonds. The zero-order valence-electron chi connectivity index (χ0n) is 11.1. The zero-order chi connectivity index (χ0) is 13.1. The highest BCUT2D eigenvalue weighted by Crippen LogP contribution is 2.29. The second-order valence-corrected chi connectivity index (χ2v) is 4.30. The van der Waals surface area contributed by atoms with Crippen molar-refractivity contribution >= 4 is 5.82 Å². The lowest BCUT2D eigenvalue weighted by atomic mass is 10.1. The van der Waals surface area contributed by atoms with Gasteiger partial charge in [0.05, 0.1) is 18.8 Å². The fraction of sp³-hybridized carbons (Fsp3) is 0.357. The number of para-hydroxylation sites is 1. The van der Waals surface area contributed by atoms with Crippen LogP contribution in [0, 0.1) is 6.92 Å². The number of benzene rings is 1. The minimum absolute atomic E-state index is 0.0569. The Bertz CT molecular complexity index is 534. The number of hydrogen-bond donors (Lipinski definition) is 1. The van der Waals surface area contributed by atoms with Crippen LogP contribution in [0.2, 0.25) is 0 Å². The summed E-state index contributed by atoms with van der Waals surface area (Å²) in [5, 5.41) is 4.33. The topological polar surface area (TPSA) is 53.1 Å². The van der Waals surface area contributed by atoms with Crippen LogP contribution in [0.25, 0.3) is 0 Å². The molecule has 0 saturated heterocycles. The number of rotatable bonds is 4. The number of aromatic nitrogens is 2. The average molecular weight is 245 g/mol. The molecule has 1 atom stereocenters. The van der Waals surface area contributed by atoms with E-state index in [1.54, 1.807) is 6.20 Å². The molecule has 4 heteroatoms. The van der Waals surface area contributed by atoms with Crippen molar-refractivity contribution in [3.8, 4) is 5.75 Å². The molecule has 4 nitrogen and oxygen atoms in total. The third-order valence-electron chi connectivity index (χ3n) is 3.06. The minimum atomic E-state index is 0.0569. The maximum Gasteiger partial charge on any atom is 0.125 e. The van der Waals surface area contributed by atoms with Crippen LogP contribution in [0.4, 0.5) is 5.82 Å². The molecule has 2 aromatic rings. The molecule has 0 aliphatic rings. The SMILES string of the molecule is CCOc1ccccc1C(C)n1ncc(C)c1N. The van der Waals surface area contributed by atoms with Crippen molar-refractivity contribution in [2.45, 2.75) is 26.8 Å². The Labute approximate surface area is 107 Å². The minimum Gasteiger partial charge on any atom is -0.494 e. The molecule has 0 aliphatic heterocycles. The summed E-state index contributed by atoms with van der Waals surface area (Å²) in [5.41, 5.74) is 8.11. The van der Waals surface area contributed by atoms with E-state index in [-0.39, 0.29) is 6.04 Å². The van der Waals surface area contributed by atoms with Crippen LogP contribution in [0.5, 0.6) is 5.75 Å². The molecule has 1 aromatic heterocycles. The monoisotopic (exact) mass is 245 g/mol. The zero-order valence-corrected chi connectivity index (χ0v) is 11.1. The van der Waals surface area contributed by atoms with Crippen LogP contribution in [0.3, 0.4) is 0 Å². The van der Waals surface area contributed by atoms with Gasteiger partial charge in [0.25, 0.3) is 0 Å². The van der Waals surface area contributed by atoms with Gasteiger partial charge in [-0.15, -0.1) is 0 Å². The van der Waals surface area contributed by atoms with Crippen molar-refractivity contribution in [3.63, 3.8) is 0 Å². The summed E-state index contributed by atoms with van der Waals surface area (Å²) in [4.78, 5) is 0. The highest BCUT2D eigenvalue weighted by molar-refractivity contribution is 5.42. The van der Waals surface area contributed by atoms with Crippen LogP contribution >= 0.6 is 0 Å². The summed E-state index contributed by atoms with van der Waals surface area (Å²) in [7, 11) is 0. The molecular formula is C14H19N3O. The van der Waals surface area contributed by atoms with E-state index in [0.29, 0.717) is 12.4 Å². The number of nitrogens with zero attached hydrogens (tertiary/aromatic N) is 2. The Morgan fingerprint density at radius 2 is 2.11 bits per heavy atom. The average Bonchev–Trinajstić information content (AvgIpc) is 2.70. The lowest BCUT2D eigenvalue weighted by molar-refractivity contribution is 0.332. The maximum atomic E-state index is 6.02. The molecule has 0 aliphatic carbocycles. The lowest BCUT2D eigenvalue weighted by Gasteiger charge is -2.18. The highest BCUT2D eigenvalue weighted by Gasteiger charge is 2.16. The third kappa shape index (κ3) is 2.18. The van der Waals surface area contributed by atoms with Gasteiger partial charge in [-0.05, 0) is 26.8 Å². The molecule has 1 aromatic carbocycles. The molecular weight excluding hydrogens is 226 g/mol. The predicted molar refractivity (Wildman–Crippen MR) is 72.8 cm³/mol. The quantitative estimate of drug-likeness (QED) is 0.901. The Morgan fingerprint density at radius 3 is 2.72 bits per heavy atom. The lowest BCUT2D eigenvalue weighted by Crippen LogP contribution is -2.13. The molecule has 0 radical (unpaired) electrons. The smallest absolute Gasteiger partial charge is 0.125 e. The molecule has 1 unspecified atom stereocenters. The number of aryl methyl sites for hydroxylation is 1. The summed E-state index contributed by atoms with van der Waals surface area (Å²) in [6.07, 6.45) is 1.79. The maximum absolute atomic E-state index is 6.02. The van der Waals surface area contributed by atoms with E-state index < -0.39 is 0 Å². The first-order chi connectivity index (χ1) is 8.65. The van der Waals surface area contributed by atoms with Crippen LogP contribution in [0.1, 0.15) is 31.0 Å². The van der Waals surface area contributed by atoms with E-state index in [0.717, 1.165) is 16.9 Å². The van der Waals surface area contributed by atoms with E-state index in [1.807, 2.05) is 42.8 Å². The van der Waals surface area contributed by atoms with Crippen LogP contribution in [-0.4, -0.2) is 16.4 Å². The van der Waals surface area contributed by atoms with E-state index in [2.05, 4.69) is 12.0 Å². The fourth-order valence-corrected chi connectivity index (χ4v) is 2.01. The number of nitrogen functional groups attached to an aromatic ring is 1. The molecule has 18 heavy (non-hydrogen) atoms. The van der Waals surface area contributed by atoms with Gasteiger partial charge >= 0.3 is 0 Å². The number of hydrogen-bond acceptors (Lipinski definition) is 3. The van der Waals surface area contributed by atoms with Crippen LogP contribution < -0.4 is 10.5 Å². The van der Waals surface area contributed by atoms with Gasteiger partial charge in [0.15, 0.2) is 0 Å². The summed E-state index contributed by atoms with van der Waals surface area (Å²) >= 11 is 0. The Hall–Kier alpha value is -1.97. The first kappa shape index (κ1) is 12.5. The summed E-state index contributed by atoms with van der Waals surface area (Å²) in [6, 6.07) is 8.05. The summed E-state index contributed by atoms with van der Waals surface area (Å²) < 4.78 is 7.47. The van der Waals surface area contributed by atoms with E-state index in [1.165, 1.54) is 0 Å². The molecule has 2 N–H and O–H groups in total. The van der Waals surface area contributed by atoms with Gasteiger partial charge in [-0.25, -0.2) is 4.68 Å². The first-order valence-corrected chi connectivity index (χ1v) is 6.16. The van der Waals surface area contributed by atoms with Crippen molar-refractivity contribution in [3.05, 3.63) is 41.6 Å². The van der Waals surface area contributed by atoms with Gasteiger partial charge in [0.1, 0.15) is 11.6 Å². The molecule has 2 rings (SSSR count). The van der Waals surface area contributed by atoms with Crippen molar-refractivity contribution in [1.29, 1.82) is 0 Å². The van der Waals surface area contributed by atoms with Crippen molar-refractivity contribution in [1.82, 2.24) is 9.78 Å². The van der Waals surface area contributed by atoms with Crippen molar-refractivity contribution in [2.24, 2.45) is 0 Å². The summed E-state index contributed by atoms with van der Waals surface area (Å²) in [5.74, 6) is 1.59. The van der Waals surface area contributed by atoms with E-state index >= 15 is 0 Å². The van der Waals surface area contributed by atoms with Gasteiger partial charge in [-0.2, -0.15) is 5.10 Å². The molecule has 0 saturated carbocycles. The van der Waals surface area contributed by atoms with Gasteiger partial charge in [0, 0.05) is 11.1 Å². The molecule has 0 bridgehead atoms. The first-order valence-electron chi connectivity index (χ1n) is 6.16. The van der Waals surface area contributed by atoms with Gasteiger partial charge < -0.3 is 10.5 Å². The third-order valence-corrected chi connectivity index (χ3v) is 3.06. The van der Waals surface area contributed by atoms with Gasteiger partial charge in [-0.1, -0.05) is 18.2 Å². The second-order valence-electron chi connectivity index (χ2n) is 4.30. The van der Waals surface area contributed by atoms with E-state index in [4.69, 9.17) is 10.5 Å². The second kappa shape index (κ2) is 5.12. The number of ether oxygens (including phenoxy) is 1. The Balaban J connectivity index is 2.39. The molecule has 0 spiro atoms. The Kier molecular flexibility index (Phi) is 3.55. The van der Waals surface area contributed by atoms with Crippen molar-refractivity contribution in [2.75, 3.05) is 12.3 Å². The highest BCUT2D eigenvalue weighted by atomic mass is 16.5. The van der Waals surface area contributed by atoms with Gasteiger partial charge in [0.2, 0.25) is 0 Å². The number of nitrogens with two attached hydrogens (primary N) is 1. The van der Waals surface area contributed by atoms with E-state index in [9.17, 15) is 0 Å². The van der Waals surface area contributed by atoms with Crippen LogP contribution in [-0.2, 0) is 0 Å². The predicted octanol–water partition coefficient (Wildman–Crippen LogP) is 2.78. The largest absolute Gasteiger partial charge is 0.494 e. The number of anilines is 1.